The summed E-state index contributed by atoms with van der Waals surface area (Å²) < 4.78 is 11.8. The van der Waals surface area contributed by atoms with E-state index in [0.717, 1.165) is 37.8 Å². The van der Waals surface area contributed by atoms with Gasteiger partial charge < -0.3 is 19.7 Å². The fraction of sp³-hybridized carbons (Fsp3) is 0.409. The molecule has 150 valence electrons. The Morgan fingerprint density at radius 3 is 2.82 bits per heavy atom. The Bertz CT molecular complexity index is 769. The number of benzene rings is 2. The third-order valence-electron chi connectivity index (χ3n) is 4.93. The summed E-state index contributed by atoms with van der Waals surface area (Å²) >= 11 is 5.99. The molecule has 6 heteroatoms. The van der Waals surface area contributed by atoms with Gasteiger partial charge in [-0.1, -0.05) is 48.0 Å². The average molecular weight is 402 g/mol. The van der Waals surface area contributed by atoms with Crippen molar-refractivity contribution < 1.29 is 9.47 Å². The molecule has 1 heterocycles. The van der Waals surface area contributed by atoms with Crippen LogP contribution in [-0.2, 0) is 4.74 Å². The van der Waals surface area contributed by atoms with Crippen LogP contribution < -0.4 is 10.1 Å². The van der Waals surface area contributed by atoms with Crippen LogP contribution in [0, 0.1) is 5.92 Å². The number of ether oxygens (including phenoxy) is 2. The third kappa shape index (κ3) is 5.63. The first-order valence-electron chi connectivity index (χ1n) is 9.64. The SMILES string of the molecule is CN=C(NCC1CCOC1c1ccccc1)N(C)CCOc1cccc(Cl)c1. The van der Waals surface area contributed by atoms with Crippen molar-refractivity contribution in [3.8, 4) is 5.75 Å². The number of aliphatic imine (C=N–C) groups is 1. The second-order valence-electron chi connectivity index (χ2n) is 6.91. The van der Waals surface area contributed by atoms with E-state index in [1.54, 1.807) is 7.05 Å². The fourth-order valence-corrected chi connectivity index (χ4v) is 3.60. The molecule has 2 atom stereocenters. The van der Waals surface area contributed by atoms with Crippen LogP contribution in [0.2, 0.25) is 5.02 Å². The minimum atomic E-state index is 0.142. The minimum Gasteiger partial charge on any atom is -0.492 e. The topological polar surface area (TPSA) is 46.1 Å². The maximum atomic E-state index is 5.99. The molecule has 2 unspecified atom stereocenters. The predicted octanol–water partition coefficient (Wildman–Crippen LogP) is 4.00. The Morgan fingerprint density at radius 2 is 2.07 bits per heavy atom. The zero-order chi connectivity index (χ0) is 19.8. The van der Waals surface area contributed by atoms with Gasteiger partial charge in [0.25, 0.3) is 0 Å². The number of hydrogen-bond acceptors (Lipinski definition) is 3. The van der Waals surface area contributed by atoms with Crippen molar-refractivity contribution in [1.82, 2.24) is 10.2 Å². The van der Waals surface area contributed by atoms with Gasteiger partial charge in [-0.05, 0) is 30.2 Å². The highest BCUT2D eigenvalue weighted by atomic mass is 35.5. The number of halogens is 1. The molecule has 0 saturated carbocycles. The predicted molar refractivity (Wildman–Crippen MR) is 114 cm³/mol. The van der Waals surface area contributed by atoms with E-state index >= 15 is 0 Å². The van der Waals surface area contributed by atoms with E-state index in [1.807, 2.05) is 37.4 Å². The summed E-state index contributed by atoms with van der Waals surface area (Å²) in [4.78, 5) is 6.47. The number of hydrogen-bond donors (Lipinski definition) is 1. The largest absolute Gasteiger partial charge is 0.492 e. The quantitative estimate of drug-likeness (QED) is 0.562. The van der Waals surface area contributed by atoms with Crippen molar-refractivity contribution in [3.63, 3.8) is 0 Å². The molecule has 1 saturated heterocycles. The third-order valence-corrected chi connectivity index (χ3v) is 5.16. The van der Waals surface area contributed by atoms with Gasteiger partial charge in [0.2, 0.25) is 0 Å². The number of likely N-dealkylation sites (N-methyl/N-ethyl adjacent to an activating group) is 1. The second-order valence-corrected chi connectivity index (χ2v) is 7.34. The Labute approximate surface area is 172 Å². The lowest BCUT2D eigenvalue weighted by atomic mass is 9.95. The van der Waals surface area contributed by atoms with Gasteiger partial charge >= 0.3 is 0 Å². The van der Waals surface area contributed by atoms with Crippen LogP contribution in [0.25, 0.3) is 0 Å². The molecule has 1 aliphatic rings. The van der Waals surface area contributed by atoms with Gasteiger partial charge in [-0.2, -0.15) is 0 Å². The first-order valence-corrected chi connectivity index (χ1v) is 10.0. The van der Waals surface area contributed by atoms with Crippen molar-refractivity contribution in [2.45, 2.75) is 12.5 Å². The molecule has 2 aromatic carbocycles. The zero-order valence-corrected chi connectivity index (χ0v) is 17.2. The van der Waals surface area contributed by atoms with Gasteiger partial charge in [-0.3, -0.25) is 4.99 Å². The van der Waals surface area contributed by atoms with E-state index in [9.17, 15) is 0 Å². The van der Waals surface area contributed by atoms with E-state index in [1.165, 1.54) is 5.56 Å². The van der Waals surface area contributed by atoms with Crippen LogP contribution in [0.4, 0.5) is 0 Å². The Balaban J connectivity index is 1.47. The number of guanidine groups is 1. The molecule has 0 aromatic heterocycles. The number of nitrogens with one attached hydrogen (secondary N) is 1. The smallest absolute Gasteiger partial charge is 0.193 e. The van der Waals surface area contributed by atoms with Gasteiger partial charge in [0.15, 0.2) is 5.96 Å². The van der Waals surface area contributed by atoms with Crippen LogP contribution in [0.1, 0.15) is 18.1 Å². The highest BCUT2D eigenvalue weighted by Crippen LogP contribution is 2.33. The van der Waals surface area contributed by atoms with Crippen molar-refractivity contribution >= 4 is 17.6 Å². The molecule has 0 radical (unpaired) electrons. The molecule has 0 amide bonds. The molecule has 0 aliphatic carbocycles. The summed E-state index contributed by atoms with van der Waals surface area (Å²) in [5.41, 5.74) is 1.24. The summed E-state index contributed by atoms with van der Waals surface area (Å²) in [6.45, 7) is 2.89. The first-order chi connectivity index (χ1) is 13.7. The minimum absolute atomic E-state index is 0.142. The maximum Gasteiger partial charge on any atom is 0.193 e. The van der Waals surface area contributed by atoms with E-state index in [0.29, 0.717) is 17.5 Å². The summed E-state index contributed by atoms with van der Waals surface area (Å²) in [5, 5.41) is 4.16. The Hall–Kier alpha value is -2.24. The van der Waals surface area contributed by atoms with Crippen LogP contribution in [-0.4, -0.2) is 51.3 Å². The summed E-state index contributed by atoms with van der Waals surface area (Å²) in [7, 11) is 3.81. The summed E-state index contributed by atoms with van der Waals surface area (Å²) in [5.74, 6) is 2.06. The van der Waals surface area contributed by atoms with Gasteiger partial charge in [0.05, 0.1) is 12.6 Å². The molecule has 28 heavy (non-hydrogen) atoms. The van der Waals surface area contributed by atoms with Gasteiger partial charge in [-0.15, -0.1) is 0 Å². The molecule has 5 nitrogen and oxygen atoms in total. The Kier molecular flexibility index (Phi) is 7.57. The van der Waals surface area contributed by atoms with Crippen LogP contribution in [0.15, 0.2) is 59.6 Å². The molecular formula is C22H28ClN3O2. The lowest BCUT2D eigenvalue weighted by molar-refractivity contribution is 0.0913. The monoisotopic (exact) mass is 401 g/mol. The lowest BCUT2D eigenvalue weighted by Gasteiger charge is -2.25. The molecule has 0 spiro atoms. The van der Waals surface area contributed by atoms with Crippen molar-refractivity contribution in [3.05, 3.63) is 65.2 Å². The Morgan fingerprint density at radius 1 is 1.25 bits per heavy atom. The summed E-state index contributed by atoms with van der Waals surface area (Å²) in [6, 6.07) is 17.9. The molecule has 0 bridgehead atoms. The normalized spacial score (nSPS) is 19.5. The van der Waals surface area contributed by atoms with Crippen LogP contribution in [0.3, 0.4) is 0 Å². The van der Waals surface area contributed by atoms with Crippen LogP contribution >= 0.6 is 11.6 Å². The van der Waals surface area contributed by atoms with E-state index < -0.39 is 0 Å². The molecule has 1 N–H and O–H groups in total. The van der Waals surface area contributed by atoms with E-state index in [-0.39, 0.29) is 6.10 Å². The van der Waals surface area contributed by atoms with Gasteiger partial charge in [-0.25, -0.2) is 0 Å². The zero-order valence-electron chi connectivity index (χ0n) is 16.5. The maximum absolute atomic E-state index is 5.99. The van der Waals surface area contributed by atoms with E-state index in [4.69, 9.17) is 21.1 Å². The highest BCUT2D eigenvalue weighted by molar-refractivity contribution is 6.30. The molecule has 1 aliphatic heterocycles. The molecule has 2 aromatic rings. The standard InChI is InChI=1S/C22H28ClN3O2/c1-24-22(26(2)12-14-27-20-10-6-9-19(23)15-20)25-16-18-11-13-28-21(18)17-7-4-3-5-8-17/h3-10,15,18,21H,11-14,16H2,1-2H3,(H,24,25). The number of rotatable bonds is 7. The van der Waals surface area contributed by atoms with Crippen molar-refractivity contribution in [2.24, 2.45) is 10.9 Å². The molecular weight excluding hydrogens is 374 g/mol. The number of nitrogens with zero attached hydrogens (tertiary/aromatic N) is 2. The van der Waals surface area contributed by atoms with Gasteiger partial charge in [0.1, 0.15) is 12.4 Å². The summed E-state index contributed by atoms with van der Waals surface area (Å²) in [6.07, 6.45) is 1.19. The van der Waals surface area contributed by atoms with Crippen molar-refractivity contribution in [1.29, 1.82) is 0 Å². The highest BCUT2D eigenvalue weighted by Gasteiger charge is 2.29. The van der Waals surface area contributed by atoms with Crippen LogP contribution in [0.5, 0.6) is 5.75 Å². The molecule has 1 fully saturated rings. The average Bonchev–Trinajstić information content (AvgIpc) is 3.18. The molecule has 3 rings (SSSR count). The van der Waals surface area contributed by atoms with Crippen molar-refractivity contribution in [2.75, 3.05) is 40.4 Å². The van der Waals surface area contributed by atoms with Gasteiger partial charge in [0, 0.05) is 38.2 Å². The fourth-order valence-electron chi connectivity index (χ4n) is 3.42. The second kappa shape index (κ2) is 10.3. The first kappa shape index (κ1) is 20.5. The van der Waals surface area contributed by atoms with E-state index in [2.05, 4.69) is 39.5 Å². The lowest BCUT2D eigenvalue weighted by Crippen LogP contribution is -2.43.